The Kier molecular flexibility index (Phi) is 23.9. The van der Waals surface area contributed by atoms with Crippen molar-refractivity contribution in [2.24, 2.45) is 10.2 Å². The molecule has 1 heterocycles. The van der Waals surface area contributed by atoms with Gasteiger partial charge in [-0.25, -0.2) is 4.98 Å². The minimum Gasteiger partial charge on any atom is -1.00 e. The average Bonchev–Trinajstić information content (AvgIpc) is 2.24. The summed E-state index contributed by atoms with van der Waals surface area (Å²) in [6.07, 6.45) is 3.30. The summed E-state index contributed by atoms with van der Waals surface area (Å²) in [5.74, 6) is 0. The molecule has 0 fully saturated rings. The molecule has 0 bridgehead atoms. The molecule has 104 valence electrons. The van der Waals surface area contributed by atoms with Crippen molar-refractivity contribution in [1.29, 1.82) is 0 Å². The van der Waals surface area contributed by atoms with Crippen LogP contribution in [0, 0.1) is 0 Å². The van der Waals surface area contributed by atoms with Gasteiger partial charge in [0.05, 0.1) is 23.8 Å². The zero-order chi connectivity index (χ0) is 10.2. The SMILES string of the molecule is CNN=Cc1cccc(C=NNC)n1.[Cl-].[Cl-].[Cl-].[Co+3]. The first-order valence-electron chi connectivity index (χ1n) is 4.23. The summed E-state index contributed by atoms with van der Waals surface area (Å²) in [5.41, 5.74) is 6.91. The summed E-state index contributed by atoms with van der Waals surface area (Å²) < 4.78 is 0. The van der Waals surface area contributed by atoms with Gasteiger partial charge in [-0.1, -0.05) is 6.07 Å². The van der Waals surface area contributed by atoms with Gasteiger partial charge < -0.3 is 48.1 Å². The standard InChI is InChI=1S/C9H13N5.3ClH.Co/c1-10-12-6-8-4-3-5-9(14-8)7-13-11-2;;;;/h3-7,10-11H,1-2H3;3*1H;/q;;;;+3/p-3. The molecule has 0 atom stereocenters. The number of nitrogens with one attached hydrogen (secondary N) is 2. The molecular weight excluding hydrogens is 343 g/mol. The number of pyridine rings is 1. The minimum atomic E-state index is 0. The first-order chi connectivity index (χ1) is 6.86. The third kappa shape index (κ3) is 10.6. The van der Waals surface area contributed by atoms with Crippen LogP contribution in [0.5, 0.6) is 0 Å². The van der Waals surface area contributed by atoms with E-state index in [1.54, 1.807) is 26.5 Å². The van der Waals surface area contributed by atoms with Crippen molar-refractivity contribution in [2.45, 2.75) is 0 Å². The fourth-order valence-corrected chi connectivity index (χ4v) is 0.874. The van der Waals surface area contributed by atoms with Crippen molar-refractivity contribution >= 4 is 12.4 Å². The van der Waals surface area contributed by atoms with Crippen LogP contribution >= 0.6 is 0 Å². The smallest absolute Gasteiger partial charge is 1.00 e. The van der Waals surface area contributed by atoms with Crippen molar-refractivity contribution in [3.05, 3.63) is 29.6 Å². The van der Waals surface area contributed by atoms with Gasteiger partial charge in [0.2, 0.25) is 0 Å². The van der Waals surface area contributed by atoms with E-state index < -0.39 is 0 Å². The molecule has 0 aliphatic heterocycles. The van der Waals surface area contributed by atoms with Crippen LogP contribution < -0.4 is 48.1 Å². The van der Waals surface area contributed by atoms with E-state index in [1.807, 2.05) is 18.2 Å². The van der Waals surface area contributed by atoms with Gasteiger partial charge in [-0.05, 0) is 12.1 Å². The Morgan fingerprint density at radius 3 is 1.67 bits per heavy atom. The maximum absolute atomic E-state index is 4.27. The topological polar surface area (TPSA) is 61.7 Å². The van der Waals surface area contributed by atoms with Crippen LogP contribution in [0.15, 0.2) is 28.4 Å². The van der Waals surface area contributed by atoms with E-state index in [1.165, 1.54) is 0 Å². The Labute approximate surface area is 136 Å². The molecule has 0 saturated heterocycles. The van der Waals surface area contributed by atoms with E-state index in [0.29, 0.717) is 0 Å². The maximum Gasteiger partial charge on any atom is 3.00 e. The predicted octanol–water partition coefficient (Wildman–Crippen LogP) is -8.80. The quantitative estimate of drug-likeness (QED) is 0.416. The molecule has 1 rings (SSSR count). The summed E-state index contributed by atoms with van der Waals surface area (Å²) in [5, 5.41) is 7.73. The van der Waals surface area contributed by atoms with Crippen molar-refractivity contribution in [3.8, 4) is 0 Å². The van der Waals surface area contributed by atoms with Crippen LogP contribution in [-0.2, 0) is 16.8 Å². The number of hydrogen-bond acceptors (Lipinski definition) is 5. The molecule has 0 aliphatic rings. The van der Waals surface area contributed by atoms with Crippen LogP contribution in [0.2, 0.25) is 0 Å². The maximum atomic E-state index is 4.27. The second-order valence-corrected chi connectivity index (χ2v) is 2.45. The predicted molar refractivity (Wildman–Crippen MR) is 57.5 cm³/mol. The average molecular weight is 357 g/mol. The summed E-state index contributed by atoms with van der Waals surface area (Å²) >= 11 is 0. The minimum absolute atomic E-state index is 0. The zero-order valence-corrected chi connectivity index (χ0v) is 13.0. The van der Waals surface area contributed by atoms with Crippen molar-refractivity contribution < 1.29 is 54.0 Å². The summed E-state index contributed by atoms with van der Waals surface area (Å²) in [6, 6.07) is 5.65. The summed E-state index contributed by atoms with van der Waals surface area (Å²) in [6.45, 7) is 0. The van der Waals surface area contributed by atoms with Crippen molar-refractivity contribution in [2.75, 3.05) is 14.1 Å². The molecule has 0 aliphatic carbocycles. The Bertz CT molecular complexity index is 319. The Hall–Kier alpha value is -0.534. The number of hydrogen-bond donors (Lipinski definition) is 2. The molecule has 1 aromatic rings. The van der Waals surface area contributed by atoms with E-state index in [-0.39, 0.29) is 54.0 Å². The Morgan fingerprint density at radius 2 is 1.33 bits per heavy atom. The second-order valence-electron chi connectivity index (χ2n) is 2.45. The number of aromatic nitrogens is 1. The summed E-state index contributed by atoms with van der Waals surface area (Å²) in [7, 11) is 3.48. The van der Waals surface area contributed by atoms with Crippen LogP contribution in [-0.4, -0.2) is 31.5 Å². The number of nitrogens with zero attached hydrogens (tertiary/aromatic N) is 3. The van der Waals surface area contributed by atoms with Gasteiger partial charge >= 0.3 is 16.8 Å². The molecule has 0 amide bonds. The van der Waals surface area contributed by atoms with E-state index in [4.69, 9.17) is 0 Å². The van der Waals surface area contributed by atoms with Crippen LogP contribution in [0.4, 0.5) is 0 Å². The van der Waals surface area contributed by atoms with Crippen molar-refractivity contribution in [1.82, 2.24) is 15.8 Å². The summed E-state index contributed by atoms with van der Waals surface area (Å²) in [4.78, 5) is 4.27. The Morgan fingerprint density at radius 1 is 0.944 bits per heavy atom. The van der Waals surface area contributed by atoms with Gasteiger partial charge in [-0.2, -0.15) is 10.2 Å². The monoisotopic (exact) mass is 355 g/mol. The molecule has 0 spiro atoms. The largest absolute Gasteiger partial charge is 3.00 e. The first kappa shape index (κ1) is 26.1. The van der Waals surface area contributed by atoms with E-state index in [0.717, 1.165) is 11.4 Å². The molecule has 0 unspecified atom stereocenters. The van der Waals surface area contributed by atoms with Gasteiger partial charge in [0, 0.05) is 14.1 Å². The molecule has 0 aromatic carbocycles. The number of hydrazone groups is 2. The normalized spacial score (nSPS) is 8.56. The van der Waals surface area contributed by atoms with Gasteiger partial charge in [-0.3, -0.25) is 0 Å². The number of rotatable bonds is 4. The molecule has 5 nitrogen and oxygen atoms in total. The van der Waals surface area contributed by atoms with Crippen LogP contribution in [0.3, 0.4) is 0 Å². The second kappa shape index (κ2) is 16.5. The molecule has 1 aromatic heterocycles. The molecule has 0 radical (unpaired) electrons. The molecule has 18 heavy (non-hydrogen) atoms. The molecule has 0 saturated carbocycles. The third-order valence-electron chi connectivity index (χ3n) is 1.44. The van der Waals surface area contributed by atoms with Gasteiger partial charge in [0.25, 0.3) is 0 Å². The van der Waals surface area contributed by atoms with Gasteiger partial charge in [0.15, 0.2) is 0 Å². The fraction of sp³-hybridized carbons (Fsp3) is 0.222. The van der Waals surface area contributed by atoms with Crippen molar-refractivity contribution in [3.63, 3.8) is 0 Å². The van der Waals surface area contributed by atoms with E-state index >= 15 is 0 Å². The van der Waals surface area contributed by atoms with E-state index in [2.05, 4.69) is 26.0 Å². The molecular formula is C9H13Cl3CoN5. The fourth-order valence-electron chi connectivity index (χ4n) is 0.874. The Balaban J connectivity index is -0.000000245. The van der Waals surface area contributed by atoms with Gasteiger partial charge in [0.1, 0.15) is 0 Å². The zero-order valence-electron chi connectivity index (χ0n) is 9.70. The third-order valence-corrected chi connectivity index (χ3v) is 1.44. The van der Waals surface area contributed by atoms with E-state index in [9.17, 15) is 0 Å². The first-order valence-corrected chi connectivity index (χ1v) is 4.23. The molecule has 9 heteroatoms. The molecule has 2 N–H and O–H groups in total. The van der Waals surface area contributed by atoms with Crippen LogP contribution in [0.25, 0.3) is 0 Å². The van der Waals surface area contributed by atoms with Crippen LogP contribution in [0.1, 0.15) is 11.4 Å². The number of halogens is 3. The van der Waals surface area contributed by atoms with Gasteiger partial charge in [-0.15, -0.1) is 0 Å².